The SMILES string of the molecule is Cc1c(NCC2CCCC23NC(=O)NC3=O)nn2c(C(F)(F)F)nnc2c1C. The van der Waals surface area contributed by atoms with Crippen LogP contribution in [-0.4, -0.2) is 43.8 Å². The molecular weight excluding hydrogens is 379 g/mol. The summed E-state index contributed by atoms with van der Waals surface area (Å²) in [6.45, 7) is 3.64. The number of imide groups is 1. The minimum atomic E-state index is -4.69. The van der Waals surface area contributed by atoms with Gasteiger partial charge in [0.2, 0.25) is 0 Å². The first-order valence-electron chi connectivity index (χ1n) is 8.81. The van der Waals surface area contributed by atoms with Crippen molar-refractivity contribution in [3.63, 3.8) is 0 Å². The van der Waals surface area contributed by atoms with Crippen LogP contribution in [0.4, 0.5) is 23.8 Å². The molecular formula is C16H18F3N7O2. The van der Waals surface area contributed by atoms with Crippen molar-refractivity contribution in [1.82, 2.24) is 30.4 Å². The molecule has 1 saturated carbocycles. The van der Waals surface area contributed by atoms with Gasteiger partial charge in [-0.2, -0.15) is 17.7 Å². The van der Waals surface area contributed by atoms with E-state index in [1.165, 1.54) is 0 Å². The van der Waals surface area contributed by atoms with Gasteiger partial charge in [-0.15, -0.1) is 15.3 Å². The molecule has 2 atom stereocenters. The Bertz CT molecular complexity index is 987. The normalized spacial score (nSPS) is 24.8. The first-order valence-corrected chi connectivity index (χ1v) is 8.81. The van der Waals surface area contributed by atoms with E-state index in [2.05, 4.69) is 31.2 Å². The molecule has 1 aliphatic carbocycles. The summed E-state index contributed by atoms with van der Waals surface area (Å²) in [6, 6.07) is -0.525. The molecule has 3 heterocycles. The van der Waals surface area contributed by atoms with E-state index < -0.39 is 23.6 Å². The molecule has 2 aromatic heterocycles. The lowest BCUT2D eigenvalue weighted by molar-refractivity contribution is -0.146. The van der Waals surface area contributed by atoms with Gasteiger partial charge in [0.05, 0.1) is 0 Å². The van der Waals surface area contributed by atoms with Crippen LogP contribution in [0.25, 0.3) is 5.65 Å². The zero-order chi connectivity index (χ0) is 20.3. The largest absolute Gasteiger partial charge is 0.453 e. The molecule has 2 fully saturated rings. The van der Waals surface area contributed by atoms with Crippen molar-refractivity contribution in [3.8, 4) is 0 Å². The molecule has 2 aliphatic rings. The third kappa shape index (κ3) is 2.66. The second kappa shape index (κ2) is 6.04. The smallest absolute Gasteiger partial charge is 0.368 e. The monoisotopic (exact) mass is 397 g/mol. The standard InChI is InChI=1S/C16H18F3N7O2/c1-7-8(2)11-23-24-12(16(17,18)19)26(11)25-10(7)20-6-9-4-3-5-15(9)13(27)21-14(28)22-15/h9H,3-6H2,1-2H3,(H,20,25)(H2,21,22,27,28). The molecule has 0 aromatic carbocycles. The van der Waals surface area contributed by atoms with E-state index in [9.17, 15) is 22.8 Å². The van der Waals surface area contributed by atoms with Crippen LogP contribution in [0.2, 0.25) is 0 Å². The van der Waals surface area contributed by atoms with Crippen molar-refractivity contribution in [2.75, 3.05) is 11.9 Å². The highest BCUT2D eigenvalue weighted by Gasteiger charge is 2.54. The minimum Gasteiger partial charge on any atom is -0.368 e. The number of carbonyl (C=O) groups is 2. The topological polar surface area (TPSA) is 113 Å². The van der Waals surface area contributed by atoms with E-state index in [-0.39, 0.29) is 29.8 Å². The molecule has 9 nitrogen and oxygen atoms in total. The lowest BCUT2D eigenvalue weighted by Crippen LogP contribution is -2.51. The average Bonchev–Trinajstić information content (AvgIpc) is 3.28. The molecule has 2 unspecified atom stereocenters. The van der Waals surface area contributed by atoms with E-state index in [1.54, 1.807) is 13.8 Å². The average molecular weight is 397 g/mol. The van der Waals surface area contributed by atoms with Crippen LogP contribution in [0.1, 0.15) is 36.2 Å². The molecule has 12 heteroatoms. The number of aryl methyl sites for hydroxylation is 1. The van der Waals surface area contributed by atoms with Gasteiger partial charge >= 0.3 is 12.2 Å². The Morgan fingerprint density at radius 2 is 2.00 bits per heavy atom. The number of hydrogen-bond donors (Lipinski definition) is 3. The van der Waals surface area contributed by atoms with Gasteiger partial charge in [0.15, 0.2) is 5.65 Å². The van der Waals surface area contributed by atoms with Crippen molar-refractivity contribution in [2.24, 2.45) is 5.92 Å². The van der Waals surface area contributed by atoms with E-state index in [0.29, 0.717) is 28.5 Å². The van der Waals surface area contributed by atoms with E-state index >= 15 is 0 Å². The zero-order valence-corrected chi connectivity index (χ0v) is 15.1. The van der Waals surface area contributed by atoms with E-state index in [0.717, 1.165) is 6.42 Å². The van der Waals surface area contributed by atoms with Gasteiger partial charge in [-0.25, -0.2) is 4.79 Å². The van der Waals surface area contributed by atoms with Crippen molar-refractivity contribution in [3.05, 3.63) is 17.0 Å². The number of nitrogens with zero attached hydrogens (tertiary/aromatic N) is 4. The Balaban J connectivity index is 1.64. The summed E-state index contributed by atoms with van der Waals surface area (Å²) >= 11 is 0. The van der Waals surface area contributed by atoms with Crippen molar-refractivity contribution in [2.45, 2.75) is 44.8 Å². The summed E-state index contributed by atoms with van der Waals surface area (Å²) in [5, 5.41) is 18.9. The molecule has 150 valence electrons. The number of aromatic nitrogens is 4. The van der Waals surface area contributed by atoms with Crippen molar-refractivity contribution >= 4 is 23.4 Å². The number of carbonyl (C=O) groups excluding carboxylic acids is 2. The molecule has 4 rings (SSSR count). The molecule has 3 amide bonds. The maximum atomic E-state index is 13.2. The van der Waals surface area contributed by atoms with Crippen LogP contribution in [-0.2, 0) is 11.0 Å². The first-order chi connectivity index (χ1) is 13.1. The quantitative estimate of drug-likeness (QED) is 0.678. The van der Waals surface area contributed by atoms with Gasteiger partial charge < -0.3 is 10.6 Å². The van der Waals surface area contributed by atoms with Gasteiger partial charge in [-0.3, -0.25) is 10.1 Å². The lowest BCUT2D eigenvalue weighted by Gasteiger charge is -2.28. The van der Waals surface area contributed by atoms with Gasteiger partial charge in [0.25, 0.3) is 11.7 Å². The molecule has 0 bridgehead atoms. The van der Waals surface area contributed by atoms with Crippen molar-refractivity contribution in [1.29, 1.82) is 0 Å². The number of rotatable bonds is 3. The van der Waals surface area contributed by atoms with Crippen LogP contribution >= 0.6 is 0 Å². The Morgan fingerprint density at radius 1 is 1.25 bits per heavy atom. The van der Waals surface area contributed by atoms with Gasteiger partial charge in [0.1, 0.15) is 11.4 Å². The number of nitrogens with one attached hydrogen (secondary N) is 3. The number of anilines is 1. The highest BCUT2D eigenvalue weighted by Crippen LogP contribution is 2.38. The maximum Gasteiger partial charge on any atom is 0.453 e. The van der Waals surface area contributed by atoms with Crippen LogP contribution in [0, 0.1) is 19.8 Å². The third-order valence-electron chi connectivity index (χ3n) is 5.65. The highest BCUT2D eigenvalue weighted by atomic mass is 19.4. The van der Waals surface area contributed by atoms with Crippen LogP contribution in [0.15, 0.2) is 0 Å². The van der Waals surface area contributed by atoms with Gasteiger partial charge in [-0.05, 0) is 32.3 Å². The van der Waals surface area contributed by atoms with E-state index in [1.807, 2.05) is 0 Å². The molecule has 2 aromatic rings. The fourth-order valence-corrected chi connectivity index (χ4v) is 4.02. The summed E-state index contributed by atoms with van der Waals surface area (Å²) in [6.07, 6.45) is -2.71. The van der Waals surface area contributed by atoms with Crippen molar-refractivity contribution < 1.29 is 22.8 Å². The van der Waals surface area contributed by atoms with Crippen LogP contribution < -0.4 is 16.0 Å². The fourth-order valence-electron chi connectivity index (χ4n) is 4.02. The number of amides is 3. The van der Waals surface area contributed by atoms with E-state index in [4.69, 9.17) is 0 Å². The minimum absolute atomic E-state index is 0.0372. The summed E-state index contributed by atoms with van der Waals surface area (Å²) in [5.41, 5.74) is 0.217. The number of hydrogen-bond acceptors (Lipinski definition) is 6. The summed E-state index contributed by atoms with van der Waals surface area (Å²) < 4.78 is 40.2. The second-order valence-corrected chi connectivity index (χ2v) is 7.21. The zero-order valence-electron chi connectivity index (χ0n) is 15.1. The predicted octanol–water partition coefficient (Wildman–Crippen LogP) is 1.55. The number of urea groups is 1. The molecule has 1 aliphatic heterocycles. The Hall–Kier alpha value is -2.92. The summed E-state index contributed by atoms with van der Waals surface area (Å²) in [4.78, 5) is 23.8. The third-order valence-corrected chi connectivity index (χ3v) is 5.65. The van der Waals surface area contributed by atoms with Crippen LogP contribution in [0.3, 0.4) is 0 Å². The molecule has 28 heavy (non-hydrogen) atoms. The van der Waals surface area contributed by atoms with Gasteiger partial charge in [0, 0.05) is 18.0 Å². The Kier molecular flexibility index (Phi) is 3.98. The Morgan fingerprint density at radius 3 is 2.64 bits per heavy atom. The lowest BCUT2D eigenvalue weighted by atomic mass is 9.87. The summed E-state index contributed by atoms with van der Waals surface area (Å²) in [5.74, 6) is -1.52. The number of alkyl halides is 3. The first kappa shape index (κ1) is 18.4. The van der Waals surface area contributed by atoms with Crippen LogP contribution in [0.5, 0.6) is 0 Å². The maximum absolute atomic E-state index is 13.2. The number of halogens is 3. The second-order valence-electron chi connectivity index (χ2n) is 7.21. The molecule has 1 spiro atoms. The number of fused-ring (bicyclic) bond motifs is 1. The fraction of sp³-hybridized carbons (Fsp3) is 0.562. The molecule has 1 saturated heterocycles. The summed E-state index contributed by atoms with van der Waals surface area (Å²) in [7, 11) is 0. The predicted molar refractivity (Wildman–Crippen MR) is 90.5 cm³/mol. The highest BCUT2D eigenvalue weighted by molar-refractivity contribution is 6.07. The van der Waals surface area contributed by atoms with Gasteiger partial charge in [-0.1, -0.05) is 6.42 Å². The molecule has 0 radical (unpaired) electrons. The Labute approximate surface area is 157 Å². The molecule has 3 N–H and O–H groups in total.